The Kier molecular flexibility index (Phi) is 5.67. The standard InChI is InChI=1S/C14H19FN2O2S/c1-2-11(19-12-5-3-4-10(15)6-12)7-16-14(18)13-8-20-9-17-13/h3-6,11,13,17H,2,7-9H2,1H3,(H,16,18). The largest absolute Gasteiger partial charge is 0.489 e. The zero-order valence-corrected chi connectivity index (χ0v) is 12.2. The van der Waals surface area contributed by atoms with E-state index in [1.165, 1.54) is 12.1 Å². The summed E-state index contributed by atoms with van der Waals surface area (Å²) in [5.41, 5.74) is 0. The van der Waals surface area contributed by atoms with Crippen LogP contribution < -0.4 is 15.4 Å². The topological polar surface area (TPSA) is 50.4 Å². The van der Waals surface area contributed by atoms with Crippen LogP contribution in [0.5, 0.6) is 5.75 Å². The molecule has 2 unspecified atom stereocenters. The third kappa shape index (κ3) is 4.38. The molecule has 1 fully saturated rings. The van der Waals surface area contributed by atoms with Gasteiger partial charge in [0.2, 0.25) is 5.91 Å². The van der Waals surface area contributed by atoms with E-state index in [2.05, 4.69) is 10.6 Å². The first-order valence-corrected chi connectivity index (χ1v) is 7.85. The highest BCUT2D eigenvalue weighted by Gasteiger charge is 2.23. The highest BCUT2D eigenvalue weighted by molar-refractivity contribution is 7.99. The van der Waals surface area contributed by atoms with Crippen LogP contribution in [0, 0.1) is 5.82 Å². The number of rotatable bonds is 6. The number of amides is 1. The molecule has 2 rings (SSSR count). The SMILES string of the molecule is CCC(CNC(=O)C1CSCN1)Oc1cccc(F)c1. The van der Waals surface area contributed by atoms with Crippen molar-refractivity contribution in [1.29, 1.82) is 0 Å². The maximum Gasteiger partial charge on any atom is 0.238 e. The lowest BCUT2D eigenvalue weighted by Crippen LogP contribution is -2.45. The Morgan fingerprint density at radius 2 is 2.50 bits per heavy atom. The quantitative estimate of drug-likeness (QED) is 0.840. The Bertz CT molecular complexity index is 453. The predicted molar refractivity (Wildman–Crippen MR) is 78.4 cm³/mol. The molecular formula is C14H19FN2O2S. The molecule has 0 radical (unpaired) electrons. The molecule has 4 nitrogen and oxygen atoms in total. The molecule has 1 saturated heterocycles. The molecule has 1 aliphatic rings. The molecule has 2 N–H and O–H groups in total. The van der Waals surface area contributed by atoms with Gasteiger partial charge < -0.3 is 10.1 Å². The molecule has 2 atom stereocenters. The summed E-state index contributed by atoms with van der Waals surface area (Å²) in [5, 5.41) is 5.99. The predicted octanol–water partition coefficient (Wildman–Crippen LogP) is 1.76. The van der Waals surface area contributed by atoms with E-state index in [1.807, 2.05) is 6.92 Å². The van der Waals surface area contributed by atoms with Crippen LogP contribution in [0.4, 0.5) is 4.39 Å². The molecule has 6 heteroatoms. The van der Waals surface area contributed by atoms with Gasteiger partial charge in [-0.2, -0.15) is 0 Å². The molecule has 0 bridgehead atoms. The number of hydrogen-bond donors (Lipinski definition) is 2. The summed E-state index contributed by atoms with van der Waals surface area (Å²) < 4.78 is 18.8. The molecule has 0 aliphatic carbocycles. The summed E-state index contributed by atoms with van der Waals surface area (Å²) >= 11 is 1.71. The van der Waals surface area contributed by atoms with Crippen molar-refractivity contribution >= 4 is 17.7 Å². The fraction of sp³-hybridized carbons (Fsp3) is 0.500. The number of halogens is 1. The van der Waals surface area contributed by atoms with Gasteiger partial charge in [0.15, 0.2) is 0 Å². The van der Waals surface area contributed by atoms with Crippen LogP contribution in [0.2, 0.25) is 0 Å². The lowest BCUT2D eigenvalue weighted by atomic mass is 10.2. The first-order chi connectivity index (χ1) is 9.69. The van der Waals surface area contributed by atoms with Gasteiger partial charge in [0, 0.05) is 17.7 Å². The molecule has 0 aromatic heterocycles. The van der Waals surface area contributed by atoms with E-state index in [9.17, 15) is 9.18 Å². The monoisotopic (exact) mass is 298 g/mol. The molecule has 0 spiro atoms. The lowest BCUT2D eigenvalue weighted by Gasteiger charge is -2.19. The van der Waals surface area contributed by atoms with E-state index in [0.717, 1.165) is 18.1 Å². The summed E-state index contributed by atoms with van der Waals surface area (Å²) in [6, 6.07) is 5.92. The average Bonchev–Trinajstić information content (AvgIpc) is 2.97. The van der Waals surface area contributed by atoms with E-state index in [0.29, 0.717) is 12.3 Å². The molecule has 0 saturated carbocycles. The van der Waals surface area contributed by atoms with Crippen LogP contribution in [0.25, 0.3) is 0 Å². The number of nitrogens with one attached hydrogen (secondary N) is 2. The summed E-state index contributed by atoms with van der Waals surface area (Å²) in [6.45, 7) is 2.40. The van der Waals surface area contributed by atoms with Crippen LogP contribution in [0.1, 0.15) is 13.3 Å². The highest BCUT2D eigenvalue weighted by Crippen LogP contribution is 2.15. The minimum atomic E-state index is -0.325. The first kappa shape index (κ1) is 15.1. The normalized spacial score (nSPS) is 19.6. The number of carbonyl (C=O) groups excluding carboxylic acids is 1. The highest BCUT2D eigenvalue weighted by atomic mass is 32.2. The van der Waals surface area contributed by atoms with Crippen LogP contribution in [-0.2, 0) is 4.79 Å². The summed E-state index contributed by atoms with van der Waals surface area (Å²) in [7, 11) is 0. The van der Waals surface area contributed by atoms with Gasteiger partial charge in [-0.3, -0.25) is 10.1 Å². The first-order valence-electron chi connectivity index (χ1n) is 6.70. The van der Waals surface area contributed by atoms with E-state index < -0.39 is 0 Å². The Hall–Kier alpha value is -1.27. The van der Waals surface area contributed by atoms with Crippen LogP contribution in [-0.4, -0.2) is 36.2 Å². The number of hydrogen-bond acceptors (Lipinski definition) is 4. The molecule has 1 heterocycles. The van der Waals surface area contributed by atoms with Gasteiger partial charge >= 0.3 is 0 Å². The molecule has 20 heavy (non-hydrogen) atoms. The van der Waals surface area contributed by atoms with Crippen molar-refractivity contribution in [3.05, 3.63) is 30.1 Å². The zero-order valence-electron chi connectivity index (χ0n) is 11.4. The van der Waals surface area contributed by atoms with Crippen molar-refractivity contribution in [2.24, 2.45) is 0 Å². The molecular weight excluding hydrogens is 279 g/mol. The van der Waals surface area contributed by atoms with Crippen molar-refractivity contribution in [2.75, 3.05) is 18.2 Å². The number of ether oxygens (including phenoxy) is 1. The van der Waals surface area contributed by atoms with Gasteiger partial charge in [-0.15, -0.1) is 11.8 Å². The number of thioether (sulfide) groups is 1. The van der Waals surface area contributed by atoms with Crippen molar-refractivity contribution in [3.8, 4) is 5.75 Å². The fourth-order valence-corrected chi connectivity index (χ4v) is 2.85. The van der Waals surface area contributed by atoms with Gasteiger partial charge in [0.05, 0.1) is 12.6 Å². The Morgan fingerprint density at radius 1 is 1.65 bits per heavy atom. The second-order valence-electron chi connectivity index (χ2n) is 4.62. The minimum absolute atomic E-state index is 0.00343. The van der Waals surface area contributed by atoms with Crippen molar-refractivity contribution < 1.29 is 13.9 Å². The Balaban J connectivity index is 1.81. The van der Waals surface area contributed by atoms with Crippen molar-refractivity contribution in [2.45, 2.75) is 25.5 Å². The second-order valence-corrected chi connectivity index (χ2v) is 5.65. The molecule has 1 aliphatic heterocycles. The third-order valence-corrected chi connectivity index (χ3v) is 4.03. The zero-order chi connectivity index (χ0) is 14.4. The summed E-state index contributed by atoms with van der Waals surface area (Å²) in [4.78, 5) is 11.9. The van der Waals surface area contributed by atoms with Gasteiger partial charge in [0.1, 0.15) is 17.7 Å². The second kappa shape index (κ2) is 7.50. The van der Waals surface area contributed by atoms with Crippen LogP contribution >= 0.6 is 11.8 Å². The van der Waals surface area contributed by atoms with Crippen LogP contribution in [0.3, 0.4) is 0 Å². The molecule has 1 aromatic carbocycles. The smallest absolute Gasteiger partial charge is 0.238 e. The van der Waals surface area contributed by atoms with E-state index >= 15 is 0 Å². The summed E-state index contributed by atoms with van der Waals surface area (Å²) in [5.74, 6) is 1.77. The van der Waals surface area contributed by atoms with Gasteiger partial charge in [0.25, 0.3) is 0 Å². The van der Waals surface area contributed by atoms with Crippen molar-refractivity contribution in [3.63, 3.8) is 0 Å². The van der Waals surface area contributed by atoms with Gasteiger partial charge in [-0.1, -0.05) is 13.0 Å². The summed E-state index contributed by atoms with van der Waals surface area (Å²) in [6.07, 6.45) is 0.582. The van der Waals surface area contributed by atoms with Gasteiger partial charge in [-0.25, -0.2) is 4.39 Å². The van der Waals surface area contributed by atoms with Crippen molar-refractivity contribution in [1.82, 2.24) is 10.6 Å². The maximum absolute atomic E-state index is 13.1. The van der Waals surface area contributed by atoms with Gasteiger partial charge in [-0.05, 0) is 18.6 Å². The Morgan fingerprint density at radius 3 is 3.15 bits per heavy atom. The third-order valence-electron chi connectivity index (χ3n) is 3.09. The Labute approximate surface area is 122 Å². The minimum Gasteiger partial charge on any atom is -0.489 e. The van der Waals surface area contributed by atoms with E-state index in [4.69, 9.17) is 4.74 Å². The van der Waals surface area contributed by atoms with E-state index in [1.54, 1.807) is 23.9 Å². The maximum atomic E-state index is 13.1. The molecule has 1 amide bonds. The molecule has 1 aromatic rings. The average molecular weight is 298 g/mol. The molecule has 110 valence electrons. The number of carbonyl (C=O) groups is 1. The van der Waals surface area contributed by atoms with Crippen LogP contribution in [0.15, 0.2) is 24.3 Å². The van der Waals surface area contributed by atoms with E-state index in [-0.39, 0.29) is 23.9 Å². The lowest BCUT2D eigenvalue weighted by molar-refractivity contribution is -0.122. The number of benzene rings is 1. The fourth-order valence-electron chi connectivity index (χ4n) is 1.90.